The summed E-state index contributed by atoms with van der Waals surface area (Å²) in [5.74, 6) is -1.35. The number of carboxylic acid groups (broad SMARTS) is 1. The van der Waals surface area contributed by atoms with Crippen molar-refractivity contribution in [2.45, 2.75) is 24.3 Å². The molecule has 0 unspecified atom stereocenters. The normalized spacial score (nSPS) is 16.1. The number of aromatic nitrogens is 3. The Labute approximate surface area is 155 Å². The molecule has 1 aliphatic heterocycles. The molecule has 1 fully saturated rings. The van der Waals surface area contributed by atoms with Crippen LogP contribution in [0.5, 0.6) is 0 Å². The Morgan fingerprint density at radius 1 is 1.26 bits per heavy atom. The second kappa shape index (κ2) is 7.84. The summed E-state index contributed by atoms with van der Waals surface area (Å²) in [6.07, 6.45) is 5.06. The van der Waals surface area contributed by atoms with Gasteiger partial charge in [-0.1, -0.05) is 0 Å². The van der Waals surface area contributed by atoms with E-state index in [1.165, 1.54) is 39.7 Å². The highest BCUT2D eigenvalue weighted by Crippen LogP contribution is 2.24. The Hall–Kier alpha value is -2.79. The third kappa shape index (κ3) is 4.49. The lowest BCUT2D eigenvalue weighted by Gasteiger charge is -2.30. The lowest BCUT2D eigenvalue weighted by atomic mass is 9.97. The van der Waals surface area contributed by atoms with Crippen molar-refractivity contribution in [1.82, 2.24) is 19.1 Å². The summed E-state index contributed by atoms with van der Waals surface area (Å²) < 4.78 is 27.7. The third-order valence-electron chi connectivity index (χ3n) is 4.29. The fourth-order valence-electron chi connectivity index (χ4n) is 2.89. The van der Waals surface area contributed by atoms with Crippen LogP contribution in [-0.4, -0.2) is 57.6 Å². The first kappa shape index (κ1) is 19.0. The fourth-order valence-corrected chi connectivity index (χ4v) is 4.32. The van der Waals surface area contributed by atoms with Gasteiger partial charge in [-0.3, -0.25) is 19.3 Å². The number of hydrogen-bond acceptors (Lipinski definition) is 6. The highest BCUT2D eigenvalue weighted by molar-refractivity contribution is 7.89. The number of sulfonamides is 1. The van der Waals surface area contributed by atoms with Crippen LogP contribution in [0.4, 0.5) is 5.82 Å². The average Bonchev–Trinajstić information content (AvgIpc) is 3.08. The van der Waals surface area contributed by atoms with E-state index in [1.54, 1.807) is 6.07 Å². The molecule has 2 N–H and O–H groups in total. The van der Waals surface area contributed by atoms with Crippen LogP contribution in [-0.2, 0) is 26.2 Å². The molecule has 0 aromatic carbocycles. The Morgan fingerprint density at radius 2 is 2.00 bits per heavy atom. The molecular weight excluding hydrogens is 374 g/mol. The van der Waals surface area contributed by atoms with Crippen LogP contribution in [0.15, 0.2) is 41.7 Å². The number of piperidine rings is 1. The van der Waals surface area contributed by atoms with Crippen LogP contribution in [0, 0.1) is 5.92 Å². The summed E-state index contributed by atoms with van der Waals surface area (Å²) in [6, 6.07) is 4.58. The third-order valence-corrected chi connectivity index (χ3v) is 6.17. The van der Waals surface area contributed by atoms with Gasteiger partial charge in [-0.2, -0.15) is 9.40 Å². The molecule has 11 heteroatoms. The minimum Gasteiger partial charge on any atom is -0.480 e. The van der Waals surface area contributed by atoms with Crippen molar-refractivity contribution < 1.29 is 23.1 Å². The molecular formula is C16H19N5O5S. The standard InChI is InChI=1S/C16H19N5O5S/c22-15(23)11-20-7-5-14(19-20)18-16(24)12-3-8-21(9-4-12)27(25,26)13-2-1-6-17-10-13/h1-2,5-7,10,12H,3-4,8-9,11H2,(H,22,23)(H,18,19,24). The van der Waals surface area contributed by atoms with Crippen molar-refractivity contribution in [2.75, 3.05) is 18.4 Å². The van der Waals surface area contributed by atoms with Crippen molar-refractivity contribution >= 4 is 27.7 Å². The molecule has 0 radical (unpaired) electrons. The molecule has 0 atom stereocenters. The Balaban J connectivity index is 1.56. The van der Waals surface area contributed by atoms with E-state index >= 15 is 0 Å². The first-order valence-corrected chi connectivity index (χ1v) is 9.76. The van der Waals surface area contributed by atoms with Gasteiger partial charge in [0.1, 0.15) is 11.4 Å². The van der Waals surface area contributed by atoms with Crippen molar-refractivity contribution in [3.8, 4) is 0 Å². The van der Waals surface area contributed by atoms with E-state index in [2.05, 4.69) is 15.4 Å². The summed E-state index contributed by atoms with van der Waals surface area (Å²) in [5, 5.41) is 15.3. The maximum Gasteiger partial charge on any atom is 0.325 e. The van der Waals surface area contributed by atoms with E-state index in [1.807, 2.05) is 0 Å². The van der Waals surface area contributed by atoms with Gasteiger partial charge in [-0.15, -0.1) is 0 Å². The fraction of sp³-hybridized carbons (Fsp3) is 0.375. The van der Waals surface area contributed by atoms with E-state index in [0.717, 1.165) is 0 Å². The summed E-state index contributed by atoms with van der Waals surface area (Å²) in [6.45, 7) is 0.187. The van der Waals surface area contributed by atoms with Gasteiger partial charge in [0.05, 0.1) is 0 Å². The number of amides is 1. The van der Waals surface area contributed by atoms with Gasteiger partial charge in [0.25, 0.3) is 0 Å². The quantitative estimate of drug-likeness (QED) is 0.725. The monoisotopic (exact) mass is 393 g/mol. The Morgan fingerprint density at radius 3 is 2.63 bits per heavy atom. The van der Waals surface area contributed by atoms with Crippen LogP contribution in [0.3, 0.4) is 0 Å². The minimum atomic E-state index is -3.61. The summed E-state index contributed by atoms with van der Waals surface area (Å²) in [5.41, 5.74) is 0. The summed E-state index contributed by atoms with van der Waals surface area (Å²) >= 11 is 0. The van der Waals surface area contributed by atoms with Gasteiger partial charge >= 0.3 is 5.97 Å². The highest BCUT2D eigenvalue weighted by Gasteiger charge is 2.32. The number of aliphatic carboxylic acids is 1. The number of carbonyl (C=O) groups excluding carboxylic acids is 1. The van der Waals surface area contributed by atoms with Crippen LogP contribution < -0.4 is 5.32 Å². The van der Waals surface area contributed by atoms with Gasteiger partial charge in [-0.25, -0.2) is 8.42 Å². The zero-order valence-electron chi connectivity index (χ0n) is 14.4. The highest BCUT2D eigenvalue weighted by atomic mass is 32.2. The Bertz CT molecular complexity index is 920. The average molecular weight is 393 g/mol. The molecule has 3 heterocycles. The van der Waals surface area contributed by atoms with Gasteiger partial charge in [-0.05, 0) is 25.0 Å². The molecule has 1 aliphatic rings. The van der Waals surface area contributed by atoms with E-state index in [9.17, 15) is 18.0 Å². The molecule has 144 valence electrons. The predicted octanol–water partition coefficient (Wildman–Crippen LogP) is 0.402. The number of nitrogens with zero attached hydrogens (tertiary/aromatic N) is 4. The van der Waals surface area contributed by atoms with E-state index < -0.39 is 16.0 Å². The molecule has 0 bridgehead atoms. The van der Waals surface area contributed by atoms with Crippen LogP contribution in [0.25, 0.3) is 0 Å². The predicted molar refractivity (Wildman–Crippen MR) is 94.2 cm³/mol. The molecule has 0 saturated carbocycles. The molecule has 1 saturated heterocycles. The molecule has 27 heavy (non-hydrogen) atoms. The Kier molecular flexibility index (Phi) is 5.51. The minimum absolute atomic E-state index is 0.136. The van der Waals surface area contributed by atoms with Crippen LogP contribution in [0.1, 0.15) is 12.8 Å². The van der Waals surface area contributed by atoms with Gasteiger partial charge < -0.3 is 10.4 Å². The van der Waals surface area contributed by atoms with Crippen molar-refractivity contribution in [1.29, 1.82) is 0 Å². The second-order valence-electron chi connectivity index (χ2n) is 6.15. The maximum absolute atomic E-state index is 12.6. The molecule has 10 nitrogen and oxygen atoms in total. The van der Waals surface area contributed by atoms with Crippen molar-refractivity contribution in [3.63, 3.8) is 0 Å². The smallest absolute Gasteiger partial charge is 0.325 e. The number of nitrogens with one attached hydrogen (secondary N) is 1. The van der Waals surface area contributed by atoms with Crippen LogP contribution >= 0.6 is 0 Å². The number of rotatable bonds is 6. The van der Waals surface area contributed by atoms with E-state index in [4.69, 9.17) is 5.11 Å². The maximum atomic E-state index is 12.6. The first-order chi connectivity index (χ1) is 12.9. The topological polar surface area (TPSA) is 134 Å². The number of pyridine rings is 1. The SMILES string of the molecule is O=C(O)Cn1ccc(NC(=O)C2CCN(S(=O)(=O)c3cccnc3)CC2)n1. The number of carbonyl (C=O) groups is 2. The van der Waals surface area contributed by atoms with Crippen molar-refractivity contribution in [2.24, 2.45) is 5.92 Å². The molecule has 2 aromatic heterocycles. The largest absolute Gasteiger partial charge is 0.480 e. The van der Waals surface area contributed by atoms with Gasteiger partial charge in [0.2, 0.25) is 15.9 Å². The lowest BCUT2D eigenvalue weighted by molar-refractivity contribution is -0.137. The summed E-state index contributed by atoms with van der Waals surface area (Å²) in [4.78, 5) is 27.0. The second-order valence-corrected chi connectivity index (χ2v) is 8.09. The van der Waals surface area contributed by atoms with Gasteiger partial charge in [0.15, 0.2) is 5.82 Å². The van der Waals surface area contributed by atoms with Crippen LogP contribution in [0.2, 0.25) is 0 Å². The lowest BCUT2D eigenvalue weighted by Crippen LogP contribution is -2.41. The zero-order chi connectivity index (χ0) is 19.4. The van der Waals surface area contributed by atoms with E-state index in [-0.39, 0.29) is 42.2 Å². The number of anilines is 1. The molecule has 0 aliphatic carbocycles. The molecule has 3 rings (SSSR count). The number of hydrogen-bond donors (Lipinski definition) is 2. The first-order valence-electron chi connectivity index (χ1n) is 8.32. The van der Waals surface area contributed by atoms with Crippen molar-refractivity contribution in [3.05, 3.63) is 36.8 Å². The summed E-state index contributed by atoms with van der Waals surface area (Å²) in [7, 11) is -3.61. The van der Waals surface area contributed by atoms with E-state index in [0.29, 0.717) is 12.8 Å². The zero-order valence-corrected chi connectivity index (χ0v) is 15.2. The number of carboxylic acids is 1. The van der Waals surface area contributed by atoms with Gasteiger partial charge in [0, 0.05) is 43.7 Å². The molecule has 2 aromatic rings. The molecule has 1 amide bonds. The molecule has 0 spiro atoms.